The van der Waals surface area contributed by atoms with Crippen LogP contribution in [0.5, 0.6) is 0 Å². The van der Waals surface area contributed by atoms with Gasteiger partial charge in [0.1, 0.15) is 11.6 Å². The molecule has 7 nitrogen and oxygen atoms in total. The lowest BCUT2D eigenvalue weighted by Crippen LogP contribution is -2.35. The SMILES string of the molecule is CC(C)c1ncc(C(=O)Nc2c(-c3ccccc3F)ccnc2C2COCCN2)cn1. The highest BCUT2D eigenvalue weighted by Crippen LogP contribution is 2.35. The molecule has 2 aromatic heterocycles. The molecule has 1 unspecified atom stereocenters. The zero-order chi connectivity index (χ0) is 21.8. The number of morpholine rings is 1. The van der Waals surface area contributed by atoms with Crippen molar-refractivity contribution < 1.29 is 13.9 Å². The summed E-state index contributed by atoms with van der Waals surface area (Å²) in [6, 6.07) is 7.92. The van der Waals surface area contributed by atoms with Gasteiger partial charge in [-0.1, -0.05) is 32.0 Å². The maximum Gasteiger partial charge on any atom is 0.258 e. The van der Waals surface area contributed by atoms with Crippen molar-refractivity contribution in [3.8, 4) is 11.1 Å². The number of amides is 1. The summed E-state index contributed by atoms with van der Waals surface area (Å²) in [5, 5.41) is 6.27. The second-order valence-electron chi connectivity index (χ2n) is 7.62. The Morgan fingerprint density at radius 1 is 1.16 bits per heavy atom. The van der Waals surface area contributed by atoms with Crippen LogP contribution in [0.4, 0.5) is 10.1 Å². The molecule has 0 radical (unpaired) electrons. The molecule has 160 valence electrons. The summed E-state index contributed by atoms with van der Waals surface area (Å²) in [6.45, 7) is 5.63. The van der Waals surface area contributed by atoms with E-state index in [0.29, 0.717) is 53.7 Å². The molecule has 31 heavy (non-hydrogen) atoms. The van der Waals surface area contributed by atoms with Gasteiger partial charge < -0.3 is 15.4 Å². The lowest BCUT2D eigenvalue weighted by atomic mass is 10.00. The van der Waals surface area contributed by atoms with Crippen LogP contribution in [0, 0.1) is 5.82 Å². The first-order valence-corrected chi connectivity index (χ1v) is 10.2. The molecule has 8 heteroatoms. The van der Waals surface area contributed by atoms with Gasteiger partial charge in [-0.15, -0.1) is 0 Å². The fraction of sp³-hybridized carbons (Fsp3) is 0.304. The highest BCUT2D eigenvalue weighted by atomic mass is 19.1. The highest BCUT2D eigenvalue weighted by Gasteiger charge is 2.25. The van der Waals surface area contributed by atoms with E-state index in [1.165, 1.54) is 18.5 Å². The Bertz CT molecular complexity index is 1070. The standard InChI is InChI=1S/C23H24FN5O2/c1-14(2)22-27-11-15(12-28-22)23(30)29-20-17(16-5-3-4-6-18(16)24)7-8-26-21(20)19-13-31-10-9-25-19/h3-8,11-12,14,19,25H,9-10,13H2,1-2H3,(H,29,30). The quantitative estimate of drug-likeness (QED) is 0.653. The van der Waals surface area contributed by atoms with Crippen molar-refractivity contribution in [2.24, 2.45) is 0 Å². The third-order valence-corrected chi connectivity index (χ3v) is 5.08. The molecule has 1 aromatic carbocycles. The number of halogens is 1. The van der Waals surface area contributed by atoms with Gasteiger partial charge in [0, 0.05) is 42.2 Å². The number of rotatable bonds is 5. The average Bonchev–Trinajstić information content (AvgIpc) is 2.80. The van der Waals surface area contributed by atoms with Gasteiger partial charge in [0.05, 0.1) is 36.2 Å². The van der Waals surface area contributed by atoms with Gasteiger partial charge in [0.15, 0.2) is 0 Å². The Kier molecular flexibility index (Phi) is 6.29. The number of carbonyl (C=O) groups is 1. The van der Waals surface area contributed by atoms with Crippen molar-refractivity contribution in [1.82, 2.24) is 20.3 Å². The average molecular weight is 421 g/mol. The van der Waals surface area contributed by atoms with Crippen LogP contribution in [-0.2, 0) is 4.74 Å². The van der Waals surface area contributed by atoms with Gasteiger partial charge in [-0.3, -0.25) is 9.78 Å². The van der Waals surface area contributed by atoms with Crippen LogP contribution in [0.3, 0.4) is 0 Å². The number of carbonyl (C=O) groups excluding carboxylic acids is 1. The molecule has 4 rings (SSSR count). The largest absolute Gasteiger partial charge is 0.378 e. The summed E-state index contributed by atoms with van der Waals surface area (Å²) in [7, 11) is 0. The lowest BCUT2D eigenvalue weighted by molar-refractivity contribution is 0.0757. The van der Waals surface area contributed by atoms with Crippen LogP contribution < -0.4 is 10.6 Å². The van der Waals surface area contributed by atoms with E-state index in [-0.39, 0.29) is 23.7 Å². The van der Waals surface area contributed by atoms with Gasteiger partial charge in [-0.25, -0.2) is 14.4 Å². The summed E-state index contributed by atoms with van der Waals surface area (Å²) in [5.74, 6) is 0.0489. The molecular formula is C23H24FN5O2. The Morgan fingerprint density at radius 2 is 1.94 bits per heavy atom. The smallest absolute Gasteiger partial charge is 0.258 e. The molecule has 3 aromatic rings. The monoisotopic (exact) mass is 421 g/mol. The molecule has 1 fully saturated rings. The third kappa shape index (κ3) is 4.60. The molecule has 1 atom stereocenters. The fourth-order valence-corrected chi connectivity index (χ4v) is 3.46. The van der Waals surface area contributed by atoms with Crippen molar-refractivity contribution in [2.45, 2.75) is 25.8 Å². The predicted molar refractivity (Wildman–Crippen MR) is 115 cm³/mol. The predicted octanol–water partition coefficient (Wildman–Crippen LogP) is 3.71. The van der Waals surface area contributed by atoms with Crippen molar-refractivity contribution in [1.29, 1.82) is 0 Å². The van der Waals surface area contributed by atoms with Crippen LogP contribution in [0.15, 0.2) is 48.9 Å². The minimum Gasteiger partial charge on any atom is -0.378 e. The molecule has 1 aliphatic heterocycles. The second kappa shape index (κ2) is 9.28. The van der Waals surface area contributed by atoms with Gasteiger partial charge in [0.25, 0.3) is 5.91 Å². The number of aromatic nitrogens is 3. The number of anilines is 1. The van der Waals surface area contributed by atoms with Gasteiger partial charge in [0.2, 0.25) is 0 Å². The molecule has 0 bridgehead atoms. The van der Waals surface area contributed by atoms with Crippen LogP contribution >= 0.6 is 0 Å². The number of hydrogen-bond donors (Lipinski definition) is 2. The van der Waals surface area contributed by atoms with Crippen LogP contribution in [0.2, 0.25) is 0 Å². The molecule has 0 aliphatic carbocycles. The molecular weight excluding hydrogens is 397 g/mol. The Balaban J connectivity index is 1.74. The first-order chi connectivity index (χ1) is 15.0. The molecule has 1 aliphatic rings. The Labute approximate surface area is 180 Å². The van der Waals surface area contributed by atoms with E-state index in [1.807, 2.05) is 13.8 Å². The highest BCUT2D eigenvalue weighted by molar-refractivity contribution is 6.06. The normalized spacial score (nSPS) is 16.3. The molecule has 0 saturated carbocycles. The Morgan fingerprint density at radius 3 is 2.61 bits per heavy atom. The number of ether oxygens (including phenoxy) is 1. The first kappa shape index (κ1) is 21.0. The zero-order valence-electron chi connectivity index (χ0n) is 17.4. The number of benzene rings is 1. The second-order valence-corrected chi connectivity index (χ2v) is 7.62. The number of nitrogens with one attached hydrogen (secondary N) is 2. The van der Waals surface area contributed by atoms with Crippen LogP contribution in [0.25, 0.3) is 11.1 Å². The van der Waals surface area contributed by atoms with E-state index in [0.717, 1.165) is 0 Å². The van der Waals surface area contributed by atoms with Gasteiger partial charge in [-0.2, -0.15) is 0 Å². The fourth-order valence-electron chi connectivity index (χ4n) is 3.46. The van der Waals surface area contributed by atoms with Gasteiger partial charge in [-0.05, 0) is 12.1 Å². The molecule has 1 amide bonds. The number of pyridine rings is 1. The summed E-state index contributed by atoms with van der Waals surface area (Å²) in [6.07, 6.45) is 4.61. The van der Waals surface area contributed by atoms with Crippen molar-refractivity contribution in [2.75, 3.05) is 25.1 Å². The first-order valence-electron chi connectivity index (χ1n) is 10.2. The summed E-state index contributed by atoms with van der Waals surface area (Å²) >= 11 is 0. The molecule has 1 saturated heterocycles. The van der Waals surface area contributed by atoms with E-state index in [4.69, 9.17) is 4.74 Å². The maximum atomic E-state index is 14.6. The van der Waals surface area contributed by atoms with Crippen molar-refractivity contribution >= 4 is 11.6 Å². The van der Waals surface area contributed by atoms with Gasteiger partial charge >= 0.3 is 0 Å². The van der Waals surface area contributed by atoms with Crippen molar-refractivity contribution in [3.63, 3.8) is 0 Å². The molecule has 3 heterocycles. The van der Waals surface area contributed by atoms with Crippen LogP contribution in [-0.4, -0.2) is 40.6 Å². The van der Waals surface area contributed by atoms with E-state index in [2.05, 4.69) is 25.6 Å². The van der Waals surface area contributed by atoms with E-state index >= 15 is 0 Å². The summed E-state index contributed by atoms with van der Waals surface area (Å²) < 4.78 is 20.2. The summed E-state index contributed by atoms with van der Waals surface area (Å²) in [4.78, 5) is 26.1. The molecule has 2 N–H and O–H groups in total. The van der Waals surface area contributed by atoms with Crippen LogP contribution in [0.1, 0.15) is 47.7 Å². The minimum atomic E-state index is -0.390. The van der Waals surface area contributed by atoms with Crippen molar-refractivity contribution in [3.05, 3.63) is 71.8 Å². The minimum absolute atomic E-state index is 0.159. The topological polar surface area (TPSA) is 89.0 Å². The van der Waals surface area contributed by atoms with E-state index in [9.17, 15) is 9.18 Å². The zero-order valence-corrected chi connectivity index (χ0v) is 17.4. The number of hydrogen-bond acceptors (Lipinski definition) is 6. The maximum absolute atomic E-state index is 14.6. The van der Waals surface area contributed by atoms with E-state index in [1.54, 1.807) is 30.5 Å². The lowest BCUT2D eigenvalue weighted by Gasteiger charge is -2.26. The Hall–Kier alpha value is -3.23. The molecule has 0 spiro atoms. The van der Waals surface area contributed by atoms with E-state index < -0.39 is 0 Å². The number of nitrogens with zero attached hydrogens (tertiary/aromatic N) is 3. The third-order valence-electron chi connectivity index (χ3n) is 5.08. The summed E-state index contributed by atoms with van der Waals surface area (Å²) in [5.41, 5.74) is 2.27.